The van der Waals surface area contributed by atoms with Crippen molar-refractivity contribution in [2.45, 2.75) is 44.3 Å². The number of hydrogen-bond donors (Lipinski definition) is 0. The van der Waals surface area contributed by atoms with Crippen molar-refractivity contribution >= 4 is 44.9 Å². The number of thioether (sulfide) groups is 1. The van der Waals surface area contributed by atoms with Crippen LogP contribution in [-0.2, 0) is 24.7 Å². The average molecular weight is 414 g/mol. The standard InChI is InChI=1S/C21H23N3O2S2/c1-13(2)24(14-8-5-4-6-9-14)17(25)12-27-21-22-19-18(20(26)23(21)3)15-10-7-11-16(15)28-19/h4-6,8-9,13H,7,10-12H2,1-3H3. The summed E-state index contributed by atoms with van der Waals surface area (Å²) in [7, 11) is 1.75. The summed E-state index contributed by atoms with van der Waals surface area (Å²) in [6.45, 7) is 4.01. The summed E-state index contributed by atoms with van der Waals surface area (Å²) in [6.07, 6.45) is 3.13. The Kier molecular flexibility index (Phi) is 5.29. The molecule has 2 heterocycles. The number of hydrogen-bond acceptors (Lipinski definition) is 5. The highest BCUT2D eigenvalue weighted by atomic mass is 32.2. The quantitative estimate of drug-likeness (QED) is 0.468. The monoisotopic (exact) mass is 413 g/mol. The lowest BCUT2D eigenvalue weighted by molar-refractivity contribution is -0.116. The number of anilines is 1. The van der Waals surface area contributed by atoms with Gasteiger partial charge in [-0.1, -0.05) is 30.0 Å². The van der Waals surface area contributed by atoms with Crippen molar-refractivity contribution in [2.75, 3.05) is 10.7 Å². The first kappa shape index (κ1) is 19.2. The number of thiophene rings is 1. The predicted molar refractivity (Wildman–Crippen MR) is 117 cm³/mol. The number of rotatable bonds is 5. The van der Waals surface area contributed by atoms with Gasteiger partial charge in [0.2, 0.25) is 5.91 Å². The smallest absolute Gasteiger partial charge is 0.262 e. The van der Waals surface area contributed by atoms with E-state index in [1.54, 1.807) is 27.9 Å². The minimum atomic E-state index is 0.00289. The van der Waals surface area contributed by atoms with E-state index < -0.39 is 0 Å². The highest BCUT2D eigenvalue weighted by molar-refractivity contribution is 7.99. The van der Waals surface area contributed by atoms with Crippen LogP contribution in [0.25, 0.3) is 10.2 Å². The maximum atomic E-state index is 12.9. The molecule has 3 aromatic rings. The van der Waals surface area contributed by atoms with Crippen molar-refractivity contribution in [3.05, 3.63) is 51.1 Å². The van der Waals surface area contributed by atoms with E-state index in [4.69, 9.17) is 4.98 Å². The Morgan fingerprint density at radius 3 is 2.75 bits per heavy atom. The highest BCUT2D eigenvalue weighted by Gasteiger charge is 2.24. The van der Waals surface area contributed by atoms with Crippen LogP contribution in [0.5, 0.6) is 0 Å². The molecular formula is C21H23N3O2S2. The fraction of sp³-hybridized carbons (Fsp3) is 0.381. The van der Waals surface area contributed by atoms with Gasteiger partial charge in [-0.2, -0.15) is 0 Å². The molecule has 0 saturated heterocycles. The van der Waals surface area contributed by atoms with E-state index in [0.29, 0.717) is 5.16 Å². The Morgan fingerprint density at radius 2 is 2.04 bits per heavy atom. The third-order valence-electron chi connectivity index (χ3n) is 5.05. The first-order chi connectivity index (χ1) is 13.5. The van der Waals surface area contributed by atoms with Crippen molar-refractivity contribution in [1.29, 1.82) is 0 Å². The number of nitrogens with zero attached hydrogens (tertiary/aromatic N) is 3. The minimum Gasteiger partial charge on any atom is -0.309 e. The summed E-state index contributed by atoms with van der Waals surface area (Å²) in [5.74, 6) is 0.249. The van der Waals surface area contributed by atoms with Crippen LogP contribution in [-0.4, -0.2) is 27.3 Å². The molecule has 0 atom stereocenters. The molecule has 5 nitrogen and oxygen atoms in total. The van der Waals surface area contributed by atoms with Gasteiger partial charge in [0.05, 0.1) is 11.1 Å². The maximum absolute atomic E-state index is 12.9. The molecule has 1 aromatic carbocycles. The Labute approximate surface area is 172 Å². The first-order valence-corrected chi connectivity index (χ1v) is 11.3. The van der Waals surface area contributed by atoms with E-state index in [9.17, 15) is 9.59 Å². The molecule has 0 saturated carbocycles. The molecule has 2 aromatic heterocycles. The van der Waals surface area contributed by atoms with E-state index in [1.165, 1.54) is 22.2 Å². The summed E-state index contributed by atoms with van der Waals surface area (Å²) < 4.78 is 1.59. The number of carbonyl (C=O) groups is 1. The Hall–Kier alpha value is -2.12. The molecular weight excluding hydrogens is 390 g/mol. The summed E-state index contributed by atoms with van der Waals surface area (Å²) in [6, 6.07) is 9.73. The third-order valence-corrected chi connectivity index (χ3v) is 7.25. The van der Waals surface area contributed by atoms with Crippen LogP contribution < -0.4 is 10.5 Å². The molecule has 7 heteroatoms. The second kappa shape index (κ2) is 7.72. The number of aryl methyl sites for hydroxylation is 2. The molecule has 0 fully saturated rings. The predicted octanol–water partition coefficient (Wildman–Crippen LogP) is 4.02. The molecule has 0 bridgehead atoms. The summed E-state index contributed by atoms with van der Waals surface area (Å²) in [4.78, 5) is 34.5. The van der Waals surface area contributed by atoms with Crippen LogP contribution in [0.3, 0.4) is 0 Å². The van der Waals surface area contributed by atoms with Crippen molar-refractivity contribution in [1.82, 2.24) is 9.55 Å². The van der Waals surface area contributed by atoms with Crippen molar-refractivity contribution in [3.8, 4) is 0 Å². The molecule has 0 spiro atoms. The molecule has 0 aliphatic heterocycles. The normalized spacial score (nSPS) is 13.3. The topological polar surface area (TPSA) is 55.2 Å². The number of fused-ring (bicyclic) bond motifs is 3. The van der Waals surface area contributed by atoms with E-state index in [2.05, 4.69) is 0 Å². The van der Waals surface area contributed by atoms with Gasteiger partial charge in [0.1, 0.15) is 4.83 Å². The number of amides is 1. The zero-order valence-corrected chi connectivity index (χ0v) is 17.9. The van der Waals surface area contributed by atoms with E-state index >= 15 is 0 Å². The molecule has 28 heavy (non-hydrogen) atoms. The lowest BCUT2D eigenvalue weighted by atomic mass is 10.2. The van der Waals surface area contributed by atoms with E-state index in [-0.39, 0.29) is 23.3 Å². The average Bonchev–Trinajstić information content (AvgIpc) is 3.25. The fourth-order valence-electron chi connectivity index (χ4n) is 3.75. The lowest BCUT2D eigenvalue weighted by Gasteiger charge is -2.26. The second-order valence-electron chi connectivity index (χ2n) is 7.28. The van der Waals surface area contributed by atoms with Crippen molar-refractivity contribution in [2.24, 2.45) is 7.05 Å². The van der Waals surface area contributed by atoms with Crippen molar-refractivity contribution in [3.63, 3.8) is 0 Å². The summed E-state index contributed by atoms with van der Waals surface area (Å²) in [5, 5.41) is 1.38. The SMILES string of the molecule is CC(C)N(C(=O)CSc1nc2sc3c(c2c(=O)n1C)CCC3)c1ccccc1. The van der Waals surface area contributed by atoms with Gasteiger partial charge in [-0.3, -0.25) is 14.2 Å². The molecule has 1 amide bonds. The van der Waals surface area contributed by atoms with Crippen LogP contribution in [0.2, 0.25) is 0 Å². The largest absolute Gasteiger partial charge is 0.309 e. The number of aromatic nitrogens is 2. The summed E-state index contributed by atoms with van der Waals surface area (Å²) >= 11 is 2.97. The van der Waals surface area contributed by atoms with Gasteiger partial charge in [-0.05, 0) is 50.8 Å². The zero-order valence-electron chi connectivity index (χ0n) is 16.3. The Bertz CT molecular complexity index is 1090. The van der Waals surface area contributed by atoms with Gasteiger partial charge >= 0.3 is 0 Å². The molecule has 0 unspecified atom stereocenters. The number of para-hydroxylation sites is 1. The van der Waals surface area contributed by atoms with Gasteiger partial charge in [0.25, 0.3) is 5.56 Å². The van der Waals surface area contributed by atoms with Crippen molar-refractivity contribution < 1.29 is 4.79 Å². The molecule has 4 rings (SSSR count). The molecule has 1 aliphatic rings. The van der Waals surface area contributed by atoms with Crippen LogP contribution in [0.15, 0.2) is 40.3 Å². The minimum absolute atomic E-state index is 0.00289. The van der Waals surface area contributed by atoms with Crippen LogP contribution in [0.4, 0.5) is 5.69 Å². The Balaban J connectivity index is 1.59. The fourth-order valence-corrected chi connectivity index (χ4v) is 5.88. The van der Waals surface area contributed by atoms with Crippen LogP contribution in [0.1, 0.15) is 30.7 Å². The van der Waals surface area contributed by atoms with Gasteiger partial charge < -0.3 is 4.90 Å². The van der Waals surface area contributed by atoms with Crippen LogP contribution in [0, 0.1) is 0 Å². The lowest BCUT2D eigenvalue weighted by Crippen LogP contribution is -2.38. The second-order valence-corrected chi connectivity index (χ2v) is 9.30. The van der Waals surface area contributed by atoms with Gasteiger partial charge in [-0.25, -0.2) is 4.98 Å². The highest BCUT2D eigenvalue weighted by Crippen LogP contribution is 2.35. The van der Waals surface area contributed by atoms with E-state index in [0.717, 1.165) is 35.2 Å². The molecule has 0 N–H and O–H groups in total. The maximum Gasteiger partial charge on any atom is 0.262 e. The Morgan fingerprint density at radius 1 is 1.29 bits per heavy atom. The van der Waals surface area contributed by atoms with Crippen LogP contribution >= 0.6 is 23.1 Å². The molecule has 1 aliphatic carbocycles. The van der Waals surface area contributed by atoms with Gasteiger partial charge in [0.15, 0.2) is 5.16 Å². The van der Waals surface area contributed by atoms with Gasteiger partial charge in [-0.15, -0.1) is 11.3 Å². The zero-order chi connectivity index (χ0) is 19.8. The molecule has 0 radical (unpaired) electrons. The third kappa shape index (κ3) is 3.37. The first-order valence-electron chi connectivity index (χ1n) is 9.48. The number of carbonyl (C=O) groups excluding carboxylic acids is 1. The van der Waals surface area contributed by atoms with E-state index in [1.807, 2.05) is 44.2 Å². The molecule has 146 valence electrons. The van der Waals surface area contributed by atoms with Gasteiger partial charge in [0, 0.05) is 23.7 Å². The summed E-state index contributed by atoms with van der Waals surface area (Å²) in [5.41, 5.74) is 2.08. The number of benzene rings is 1.